The van der Waals surface area contributed by atoms with Gasteiger partial charge in [-0.1, -0.05) is 48.9 Å². The Kier molecular flexibility index (Phi) is 5.27. The summed E-state index contributed by atoms with van der Waals surface area (Å²) >= 11 is 0. The van der Waals surface area contributed by atoms with Gasteiger partial charge in [-0.3, -0.25) is 9.59 Å². The molecule has 5 heteroatoms. The summed E-state index contributed by atoms with van der Waals surface area (Å²) in [5.74, 6) is -0.290. The van der Waals surface area contributed by atoms with Crippen molar-refractivity contribution in [2.75, 3.05) is 5.32 Å². The van der Waals surface area contributed by atoms with Crippen LogP contribution in [0.25, 0.3) is 11.3 Å². The molecule has 3 aromatic rings. The summed E-state index contributed by atoms with van der Waals surface area (Å²) in [5.41, 5.74) is 4.31. The van der Waals surface area contributed by atoms with Gasteiger partial charge in [0.25, 0.3) is 5.56 Å². The van der Waals surface area contributed by atoms with Crippen LogP contribution in [0.4, 0.5) is 5.69 Å². The summed E-state index contributed by atoms with van der Waals surface area (Å²) in [5, 5.41) is 7.12. The molecule has 0 saturated heterocycles. The monoisotopic (exact) mass is 347 g/mol. The number of rotatable bonds is 5. The Balaban J connectivity index is 1.77. The zero-order valence-corrected chi connectivity index (χ0v) is 14.9. The van der Waals surface area contributed by atoms with Crippen molar-refractivity contribution in [2.45, 2.75) is 26.8 Å². The van der Waals surface area contributed by atoms with E-state index in [1.54, 1.807) is 6.07 Å². The van der Waals surface area contributed by atoms with Crippen LogP contribution in [0.2, 0.25) is 0 Å². The second kappa shape index (κ2) is 7.78. The molecule has 0 aliphatic carbocycles. The summed E-state index contributed by atoms with van der Waals surface area (Å²) in [6.45, 7) is 3.95. The first kappa shape index (κ1) is 17.6. The van der Waals surface area contributed by atoms with Crippen molar-refractivity contribution in [2.24, 2.45) is 0 Å². The lowest BCUT2D eigenvalue weighted by Gasteiger charge is -2.09. The van der Waals surface area contributed by atoms with E-state index in [1.165, 1.54) is 16.3 Å². The van der Waals surface area contributed by atoms with E-state index in [0.29, 0.717) is 11.4 Å². The fourth-order valence-electron chi connectivity index (χ4n) is 2.60. The van der Waals surface area contributed by atoms with E-state index in [4.69, 9.17) is 0 Å². The highest BCUT2D eigenvalue weighted by Gasteiger charge is 2.08. The molecule has 0 fully saturated rings. The third kappa shape index (κ3) is 4.25. The van der Waals surface area contributed by atoms with E-state index >= 15 is 0 Å². The van der Waals surface area contributed by atoms with E-state index in [9.17, 15) is 9.59 Å². The number of anilines is 1. The third-order valence-electron chi connectivity index (χ3n) is 4.15. The van der Waals surface area contributed by atoms with Crippen molar-refractivity contribution in [1.82, 2.24) is 9.78 Å². The van der Waals surface area contributed by atoms with Gasteiger partial charge in [-0.15, -0.1) is 0 Å². The van der Waals surface area contributed by atoms with Gasteiger partial charge in [0.1, 0.15) is 6.54 Å². The predicted molar refractivity (Wildman–Crippen MR) is 103 cm³/mol. The molecule has 132 valence electrons. The number of carbonyl (C=O) groups excluding carboxylic acids is 1. The Labute approximate surface area is 152 Å². The fourth-order valence-corrected chi connectivity index (χ4v) is 2.60. The summed E-state index contributed by atoms with van der Waals surface area (Å²) in [4.78, 5) is 24.3. The summed E-state index contributed by atoms with van der Waals surface area (Å²) < 4.78 is 1.19. The molecule has 1 heterocycles. The Morgan fingerprint density at radius 3 is 2.35 bits per heavy atom. The molecule has 0 unspecified atom stereocenters. The molecule has 1 N–H and O–H groups in total. The number of nitrogens with one attached hydrogen (secondary N) is 1. The van der Waals surface area contributed by atoms with Crippen LogP contribution in [0.3, 0.4) is 0 Å². The van der Waals surface area contributed by atoms with Gasteiger partial charge in [-0.05, 0) is 37.1 Å². The van der Waals surface area contributed by atoms with E-state index in [-0.39, 0.29) is 18.0 Å². The molecule has 0 radical (unpaired) electrons. The number of aromatic nitrogens is 2. The number of nitrogens with zero attached hydrogens (tertiary/aromatic N) is 2. The van der Waals surface area contributed by atoms with Crippen LogP contribution in [-0.2, 0) is 17.8 Å². The van der Waals surface area contributed by atoms with Crippen LogP contribution in [0.5, 0.6) is 0 Å². The molecule has 5 nitrogen and oxygen atoms in total. The lowest BCUT2D eigenvalue weighted by molar-refractivity contribution is -0.117. The average Bonchev–Trinajstić information content (AvgIpc) is 2.65. The van der Waals surface area contributed by atoms with Crippen molar-refractivity contribution < 1.29 is 4.79 Å². The minimum Gasteiger partial charge on any atom is -0.324 e. The van der Waals surface area contributed by atoms with Gasteiger partial charge in [0.05, 0.1) is 5.69 Å². The maximum Gasteiger partial charge on any atom is 0.267 e. The summed E-state index contributed by atoms with van der Waals surface area (Å²) in [6.07, 6.45) is 0.965. The number of benzene rings is 2. The van der Waals surface area contributed by atoms with Crippen LogP contribution in [-0.4, -0.2) is 15.7 Å². The van der Waals surface area contributed by atoms with Crippen LogP contribution in [0.15, 0.2) is 65.5 Å². The zero-order chi connectivity index (χ0) is 18.5. The summed E-state index contributed by atoms with van der Waals surface area (Å²) in [6, 6.07) is 18.6. The van der Waals surface area contributed by atoms with E-state index in [2.05, 4.69) is 17.3 Å². The molecule has 0 spiro atoms. The maximum absolute atomic E-state index is 12.2. The molecule has 0 aliphatic heterocycles. The number of hydrogen-bond acceptors (Lipinski definition) is 3. The topological polar surface area (TPSA) is 64.0 Å². The smallest absolute Gasteiger partial charge is 0.267 e. The van der Waals surface area contributed by atoms with Crippen molar-refractivity contribution in [1.29, 1.82) is 0 Å². The van der Waals surface area contributed by atoms with E-state index in [1.807, 2.05) is 55.5 Å². The molecule has 1 amide bonds. The molecule has 1 aromatic heterocycles. The predicted octanol–water partition coefficient (Wildman–Crippen LogP) is 3.42. The molecule has 0 aliphatic rings. The van der Waals surface area contributed by atoms with Crippen LogP contribution >= 0.6 is 0 Å². The van der Waals surface area contributed by atoms with Gasteiger partial charge in [0, 0.05) is 17.3 Å². The number of aryl methyl sites for hydroxylation is 2. The van der Waals surface area contributed by atoms with Gasteiger partial charge < -0.3 is 5.32 Å². The van der Waals surface area contributed by atoms with Gasteiger partial charge in [0.2, 0.25) is 5.91 Å². The highest BCUT2D eigenvalue weighted by atomic mass is 16.2. The standard InChI is InChI=1S/C21H21N3O2/c1-3-16-6-8-17(9-7-16)19-12-13-21(26)24(23-19)14-20(25)22-18-10-4-15(2)5-11-18/h4-13H,3,14H2,1-2H3,(H,22,25). The largest absolute Gasteiger partial charge is 0.324 e. The van der Waals surface area contributed by atoms with Crippen molar-refractivity contribution in [3.8, 4) is 11.3 Å². The minimum absolute atomic E-state index is 0.131. The third-order valence-corrected chi connectivity index (χ3v) is 4.15. The van der Waals surface area contributed by atoms with Gasteiger partial charge in [-0.2, -0.15) is 5.10 Å². The lowest BCUT2D eigenvalue weighted by Crippen LogP contribution is -2.29. The van der Waals surface area contributed by atoms with Crippen LogP contribution in [0, 0.1) is 6.92 Å². The molecule has 26 heavy (non-hydrogen) atoms. The van der Waals surface area contributed by atoms with E-state index in [0.717, 1.165) is 17.5 Å². The highest BCUT2D eigenvalue weighted by Crippen LogP contribution is 2.16. The second-order valence-electron chi connectivity index (χ2n) is 6.18. The van der Waals surface area contributed by atoms with E-state index < -0.39 is 0 Å². The number of hydrogen-bond donors (Lipinski definition) is 1. The Morgan fingerprint density at radius 2 is 1.69 bits per heavy atom. The summed E-state index contributed by atoms with van der Waals surface area (Å²) in [7, 11) is 0. The first-order valence-electron chi connectivity index (χ1n) is 8.59. The first-order chi connectivity index (χ1) is 12.5. The highest BCUT2D eigenvalue weighted by molar-refractivity contribution is 5.90. The van der Waals surface area contributed by atoms with Gasteiger partial charge >= 0.3 is 0 Å². The molecular formula is C21H21N3O2. The molecule has 0 saturated carbocycles. The normalized spacial score (nSPS) is 10.5. The fraction of sp³-hybridized carbons (Fsp3) is 0.190. The number of carbonyl (C=O) groups is 1. The van der Waals surface area contributed by atoms with Gasteiger partial charge in [0.15, 0.2) is 0 Å². The second-order valence-corrected chi connectivity index (χ2v) is 6.18. The average molecular weight is 347 g/mol. The lowest BCUT2D eigenvalue weighted by atomic mass is 10.1. The maximum atomic E-state index is 12.2. The molecule has 0 bridgehead atoms. The quantitative estimate of drug-likeness (QED) is 0.769. The SMILES string of the molecule is CCc1ccc(-c2ccc(=O)n(CC(=O)Nc3ccc(C)cc3)n2)cc1. The minimum atomic E-state index is -0.307. The van der Waals surface area contributed by atoms with Crippen molar-refractivity contribution in [3.63, 3.8) is 0 Å². The Hall–Kier alpha value is -3.21. The molecule has 2 aromatic carbocycles. The zero-order valence-electron chi connectivity index (χ0n) is 14.9. The number of amides is 1. The van der Waals surface area contributed by atoms with Crippen molar-refractivity contribution >= 4 is 11.6 Å². The van der Waals surface area contributed by atoms with Crippen molar-refractivity contribution in [3.05, 3.63) is 82.1 Å². The molecular weight excluding hydrogens is 326 g/mol. The molecule has 0 atom stereocenters. The molecule has 3 rings (SSSR count). The van der Waals surface area contributed by atoms with Crippen LogP contribution < -0.4 is 10.9 Å². The Morgan fingerprint density at radius 1 is 1.00 bits per heavy atom. The van der Waals surface area contributed by atoms with Crippen LogP contribution in [0.1, 0.15) is 18.1 Å². The Bertz CT molecular complexity index is 958. The first-order valence-corrected chi connectivity index (χ1v) is 8.59. The van der Waals surface area contributed by atoms with Gasteiger partial charge in [-0.25, -0.2) is 4.68 Å².